The number of aryl methyl sites for hydroxylation is 1. The summed E-state index contributed by atoms with van der Waals surface area (Å²) in [5.74, 6) is 0.152. The molecule has 8 heteroatoms. The Morgan fingerprint density at radius 3 is 2.38 bits per heavy atom. The van der Waals surface area contributed by atoms with Crippen LogP contribution in [0.1, 0.15) is 30.0 Å². The summed E-state index contributed by atoms with van der Waals surface area (Å²) in [5, 5.41) is 0. The summed E-state index contributed by atoms with van der Waals surface area (Å²) in [6.07, 6.45) is 4.00. The fraction of sp³-hybridized carbons (Fsp3) is 0.312. The van der Waals surface area contributed by atoms with Gasteiger partial charge >= 0.3 is 15.6 Å². The van der Waals surface area contributed by atoms with Crippen LogP contribution in [0.15, 0.2) is 36.5 Å². The van der Waals surface area contributed by atoms with Gasteiger partial charge in [0.2, 0.25) is 0 Å². The number of benzene rings is 1. The molecule has 1 fully saturated rings. The topological polar surface area (TPSA) is 56.3 Å². The second kappa shape index (κ2) is 5.77. The van der Waals surface area contributed by atoms with E-state index in [1.807, 2.05) is 12.1 Å². The molecule has 0 N–H and O–H groups in total. The van der Waals surface area contributed by atoms with E-state index in [0.29, 0.717) is 11.5 Å². The van der Waals surface area contributed by atoms with E-state index in [1.165, 1.54) is 18.2 Å². The first-order chi connectivity index (χ1) is 11.2. The molecule has 1 heterocycles. The highest BCUT2D eigenvalue weighted by Gasteiger charge is 2.48. The van der Waals surface area contributed by atoms with Gasteiger partial charge in [-0.15, -0.1) is 0 Å². The highest BCUT2D eigenvalue weighted by atomic mass is 32.2. The summed E-state index contributed by atoms with van der Waals surface area (Å²) < 4.78 is 63.3. The van der Waals surface area contributed by atoms with Crippen molar-refractivity contribution < 1.29 is 25.8 Å². The quantitative estimate of drug-likeness (QED) is 0.609. The van der Waals surface area contributed by atoms with E-state index >= 15 is 0 Å². The molecule has 0 unspecified atom stereocenters. The lowest BCUT2D eigenvalue weighted by molar-refractivity contribution is -0.0500. The molecule has 1 aliphatic rings. The van der Waals surface area contributed by atoms with Crippen LogP contribution in [0.2, 0.25) is 0 Å². The summed E-state index contributed by atoms with van der Waals surface area (Å²) in [4.78, 5) is 4.40. The molecule has 0 atom stereocenters. The van der Waals surface area contributed by atoms with Gasteiger partial charge in [-0.3, -0.25) is 4.98 Å². The maximum absolute atomic E-state index is 12.4. The molecule has 0 amide bonds. The van der Waals surface area contributed by atoms with Crippen LogP contribution in [-0.4, -0.2) is 18.9 Å². The second-order valence-corrected chi connectivity index (χ2v) is 7.24. The lowest BCUT2D eigenvalue weighted by atomic mass is 10.0. The van der Waals surface area contributed by atoms with E-state index in [9.17, 15) is 21.6 Å². The fourth-order valence-electron chi connectivity index (χ4n) is 2.37. The molecule has 1 aliphatic carbocycles. The Kier molecular flexibility index (Phi) is 4.03. The molecule has 24 heavy (non-hydrogen) atoms. The van der Waals surface area contributed by atoms with Crippen LogP contribution in [0, 0.1) is 6.92 Å². The molecule has 1 aromatic carbocycles. The number of halogens is 3. The van der Waals surface area contributed by atoms with Gasteiger partial charge in [0, 0.05) is 23.4 Å². The average Bonchev–Trinajstić information content (AvgIpc) is 3.31. The van der Waals surface area contributed by atoms with Crippen molar-refractivity contribution in [3.63, 3.8) is 0 Å². The number of hydrogen-bond acceptors (Lipinski definition) is 4. The summed E-state index contributed by atoms with van der Waals surface area (Å²) in [6, 6.07) is 7.80. The van der Waals surface area contributed by atoms with Crippen LogP contribution in [-0.2, 0) is 10.1 Å². The molecule has 0 bridgehead atoms. The van der Waals surface area contributed by atoms with Gasteiger partial charge in [0.15, 0.2) is 0 Å². The third-order valence-corrected chi connectivity index (χ3v) is 4.76. The first kappa shape index (κ1) is 16.8. The van der Waals surface area contributed by atoms with Gasteiger partial charge in [-0.05, 0) is 49.1 Å². The van der Waals surface area contributed by atoms with Gasteiger partial charge in [0.1, 0.15) is 5.75 Å². The van der Waals surface area contributed by atoms with Gasteiger partial charge in [-0.1, -0.05) is 12.1 Å². The van der Waals surface area contributed by atoms with Gasteiger partial charge in [-0.25, -0.2) is 0 Å². The van der Waals surface area contributed by atoms with E-state index in [2.05, 4.69) is 9.17 Å². The molecular formula is C16H14F3NO3S. The second-order valence-electron chi connectivity index (χ2n) is 5.71. The standard InChI is InChI=1S/C16H14F3NO3S/c1-10-8-13(23-24(21,22)16(17,18)19)5-6-14(10)12-4-7-15(20-9-12)11-2-3-11/h4-9,11H,2-3H2,1H3. The molecule has 128 valence electrons. The average molecular weight is 357 g/mol. The zero-order chi connectivity index (χ0) is 17.5. The lowest BCUT2D eigenvalue weighted by Gasteiger charge is -2.12. The molecule has 1 saturated carbocycles. The van der Waals surface area contributed by atoms with Crippen molar-refractivity contribution in [1.29, 1.82) is 0 Å². The number of pyridine rings is 1. The summed E-state index contributed by atoms with van der Waals surface area (Å²) in [5.41, 5.74) is -2.27. The van der Waals surface area contributed by atoms with Crippen molar-refractivity contribution >= 4 is 10.1 Å². The maximum Gasteiger partial charge on any atom is 0.534 e. The van der Waals surface area contributed by atoms with Crippen LogP contribution >= 0.6 is 0 Å². The van der Waals surface area contributed by atoms with Crippen LogP contribution < -0.4 is 4.18 Å². The zero-order valence-corrected chi connectivity index (χ0v) is 13.5. The molecule has 0 saturated heterocycles. The highest BCUT2D eigenvalue weighted by Crippen LogP contribution is 2.39. The Bertz CT molecular complexity index is 857. The minimum absolute atomic E-state index is 0.379. The van der Waals surface area contributed by atoms with Crippen molar-refractivity contribution in [3.8, 4) is 16.9 Å². The van der Waals surface area contributed by atoms with E-state index in [4.69, 9.17) is 0 Å². The number of aromatic nitrogens is 1. The predicted octanol–water partition coefficient (Wildman–Crippen LogP) is 4.16. The minimum Gasteiger partial charge on any atom is -0.376 e. The monoisotopic (exact) mass is 357 g/mol. The molecule has 4 nitrogen and oxygen atoms in total. The van der Waals surface area contributed by atoms with Crippen molar-refractivity contribution in [1.82, 2.24) is 4.98 Å². The summed E-state index contributed by atoms with van der Waals surface area (Å²) in [7, 11) is -5.67. The Balaban J connectivity index is 1.84. The van der Waals surface area contributed by atoms with Gasteiger partial charge in [0.05, 0.1) is 0 Å². The third kappa shape index (κ3) is 3.38. The van der Waals surface area contributed by atoms with Crippen LogP contribution in [0.5, 0.6) is 5.75 Å². The van der Waals surface area contributed by atoms with E-state index in [0.717, 1.165) is 29.7 Å². The van der Waals surface area contributed by atoms with Gasteiger partial charge in [-0.2, -0.15) is 21.6 Å². The Morgan fingerprint density at radius 1 is 1.17 bits per heavy atom. The predicted molar refractivity (Wildman–Crippen MR) is 82.0 cm³/mol. The van der Waals surface area contributed by atoms with Gasteiger partial charge in [0.25, 0.3) is 0 Å². The number of alkyl halides is 3. The smallest absolute Gasteiger partial charge is 0.376 e. The van der Waals surface area contributed by atoms with Crippen molar-refractivity contribution in [2.45, 2.75) is 31.2 Å². The van der Waals surface area contributed by atoms with Crippen LogP contribution in [0.3, 0.4) is 0 Å². The molecule has 2 aromatic rings. The summed E-state index contributed by atoms with van der Waals surface area (Å²) in [6.45, 7) is 1.66. The van der Waals surface area contributed by atoms with E-state index in [1.54, 1.807) is 13.1 Å². The molecule has 0 aliphatic heterocycles. The van der Waals surface area contributed by atoms with Crippen LogP contribution in [0.4, 0.5) is 13.2 Å². The van der Waals surface area contributed by atoms with Crippen molar-refractivity contribution in [3.05, 3.63) is 47.8 Å². The first-order valence-electron chi connectivity index (χ1n) is 7.25. The van der Waals surface area contributed by atoms with E-state index in [-0.39, 0.29) is 5.75 Å². The number of nitrogens with zero attached hydrogens (tertiary/aromatic N) is 1. The SMILES string of the molecule is Cc1cc(OS(=O)(=O)C(F)(F)F)ccc1-c1ccc(C2CC2)nc1. The Labute approximate surface area is 137 Å². The Morgan fingerprint density at radius 2 is 1.88 bits per heavy atom. The molecule has 0 radical (unpaired) electrons. The molecular weight excluding hydrogens is 343 g/mol. The normalized spacial score (nSPS) is 15.3. The first-order valence-corrected chi connectivity index (χ1v) is 8.66. The molecule has 3 rings (SSSR count). The zero-order valence-electron chi connectivity index (χ0n) is 12.7. The Hall–Kier alpha value is -2.09. The van der Waals surface area contributed by atoms with E-state index < -0.39 is 15.6 Å². The van der Waals surface area contributed by atoms with Crippen molar-refractivity contribution in [2.75, 3.05) is 0 Å². The third-order valence-electron chi connectivity index (χ3n) is 3.78. The van der Waals surface area contributed by atoms with Crippen LogP contribution in [0.25, 0.3) is 11.1 Å². The summed E-state index contributed by atoms with van der Waals surface area (Å²) >= 11 is 0. The fourth-order valence-corrected chi connectivity index (χ4v) is 2.82. The van der Waals surface area contributed by atoms with Crippen molar-refractivity contribution in [2.24, 2.45) is 0 Å². The molecule has 0 spiro atoms. The molecule has 1 aromatic heterocycles. The lowest BCUT2D eigenvalue weighted by Crippen LogP contribution is -2.28. The highest BCUT2D eigenvalue weighted by molar-refractivity contribution is 7.88. The van der Waals surface area contributed by atoms with Gasteiger partial charge < -0.3 is 4.18 Å². The maximum atomic E-state index is 12.4. The number of hydrogen-bond donors (Lipinski definition) is 0. The number of rotatable bonds is 4. The minimum atomic E-state index is -5.67. The largest absolute Gasteiger partial charge is 0.534 e.